The number of carbonyl (C=O) groups is 2. The fraction of sp³-hybridized carbons (Fsp3) is 0.400. The van der Waals surface area contributed by atoms with Gasteiger partial charge in [0.2, 0.25) is 11.6 Å². The minimum Gasteiger partial charge on any atom is -0.497 e. The van der Waals surface area contributed by atoms with E-state index >= 15 is 0 Å². The lowest BCUT2D eigenvalue weighted by molar-refractivity contribution is -0.141. The topological polar surface area (TPSA) is 70.4 Å². The third kappa shape index (κ3) is 2.89. The predicted octanol–water partition coefficient (Wildman–Crippen LogP) is 2.25. The smallest absolute Gasteiger partial charge is 0.329 e. The van der Waals surface area contributed by atoms with Crippen LogP contribution in [-0.4, -0.2) is 28.6 Å². The third-order valence-electron chi connectivity index (χ3n) is 2.92. The molecule has 0 aliphatic carbocycles. The quantitative estimate of drug-likeness (QED) is 0.811. The van der Waals surface area contributed by atoms with Crippen molar-refractivity contribution < 1.29 is 19.2 Å². The van der Waals surface area contributed by atoms with Crippen molar-refractivity contribution in [1.29, 1.82) is 0 Å². The lowest BCUT2D eigenvalue weighted by Crippen LogP contribution is -2.28. The van der Waals surface area contributed by atoms with Gasteiger partial charge in [-0.25, -0.2) is 9.78 Å². The Morgan fingerprint density at radius 1 is 1.24 bits per heavy atom. The number of carbonyl (C=O) groups excluding carboxylic acids is 2. The standard InChI is InChI=1S/C15H18N2O4/c1-9(18)21-17-12-7-6-10(20-5)8-11(12)16-14(17)13(19)15(2,3)4/h6-8H,1-5H3. The van der Waals surface area contributed by atoms with Gasteiger partial charge in [-0.05, 0) is 12.1 Å². The van der Waals surface area contributed by atoms with Crippen LogP contribution in [0.25, 0.3) is 11.0 Å². The minimum atomic E-state index is -0.636. The van der Waals surface area contributed by atoms with E-state index in [4.69, 9.17) is 9.57 Å². The molecule has 1 aromatic heterocycles. The van der Waals surface area contributed by atoms with Crippen LogP contribution >= 0.6 is 0 Å². The number of rotatable bonds is 3. The number of hydrogen-bond acceptors (Lipinski definition) is 5. The zero-order valence-electron chi connectivity index (χ0n) is 12.8. The third-order valence-corrected chi connectivity index (χ3v) is 2.92. The van der Waals surface area contributed by atoms with E-state index in [0.29, 0.717) is 16.8 Å². The Bertz CT molecular complexity index is 710. The number of methoxy groups -OCH3 is 1. The zero-order chi connectivity index (χ0) is 15.8. The number of benzene rings is 1. The van der Waals surface area contributed by atoms with Crippen molar-refractivity contribution in [3.63, 3.8) is 0 Å². The summed E-state index contributed by atoms with van der Waals surface area (Å²) in [7, 11) is 1.55. The van der Waals surface area contributed by atoms with Crippen molar-refractivity contribution in [3.8, 4) is 5.75 Å². The van der Waals surface area contributed by atoms with Gasteiger partial charge >= 0.3 is 5.97 Å². The second-order valence-corrected chi connectivity index (χ2v) is 5.75. The molecule has 0 atom stereocenters. The normalized spacial score (nSPS) is 11.5. The molecule has 0 aliphatic rings. The Morgan fingerprint density at radius 3 is 2.43 bits per heavy atom. The summed E-state index contributed by atoms with van der Waals surface area (Å²) in [6.45, 7) is 6.63. The highest BCUT2D eigenvalue weighted by Crippen LogP contribution is 2.25. The van der Waals surface area contributed by atoms with Crippen molar-refractivity contribution in [2.45, 2.75) is 27.7 Å². The molecule has 1 aromatic carbocycles. The van der Waals surface area contributed by atoms with Crippen molar-refractivity contribution in [2.24, 2.45) is 5.41 Å². The molecule has 0 aliphatic heterocycles. The number of hydrogen-bond donors (Lipinski definition) is 0. The fourth-order valence-corrected chi connectivity index (χ4v) is 1.86. The van der Waals surface area contributed by atoms with Crippen LogP contribution < -0.4 is 9.57 Å². The Morgan fingerprint density at radius 2 is 1.90 bits per heavy atom. The Kier molecular flexibility index (Phi) is 3.72. The summed E-state index contributed by atoms with van der Waals surface area (Å²) in [6.07, 6.45) is 0. The Balaban J connectivity index is 2.67. The van der Waals surface area contributed by atoms with Crippen molar-refractivity contribution in [2.75, 3.05) is 7.11 Å². The summed E-state index contributed by atoms with van der Waals surface area (Å²) in [4.78, 5) is 33.2. The van der Waals surface area contributed by atoms with Crippen LogP contribution in [0.3, 0.4) is 0 Å². The molecule has 0 saturated carbocycles. The second kappa shape index (κ2) is 5.20. The Hall–Kier alpha value is -2.37. The largest absolute Gasteiger partial charge is 0.497 e. The zero-order valence-corrected chi connectivity index (χ0v) is 12.8. The average molecular weight is 290 g/mol. The van der Waals surface area contributed by atoms with E-state index in [1.54, 1.807) is 46.1 Å². The highest BCUT2D eigenvalue weighted by molar-refractivity contribution is 5.99. The molecule has 6 heteroatoms. The van der Waals surface area contributed by atoms with Crippen LogP contribution in [0.2, 0.25) is 0 Å². The van der Waals surface area contributed by atoms with E-state index in [9.17, 15) is 9.59 Å². The van der Waals surface area contributed by atoms with Gasteiger partial charge in [-0.3, -0.25) is 4.79 Å². The van der Waals surface area contributed by atoms with Gasteiger partial charge in [-0.15, -0.1) is 4.73 Å². The van der Waals surface area contributed by atoms with Crippen molar-refractivity contribution >= 4 is 22.8 Å². The molecule has 112 valence electrons. The maximum absolute atomic E-state index is 12.5. The highest BCUT2D eigenvalue weighted by atomic mass is 16.7. The molecular weight excluding hydrogens is 272 g/mol. The van der Waals surface area contributed by atoms with Gasteiger partial charge in [0.15, 0.2) is 0 Å². The first-order valence-electron chi connectivity index (χ1n) is 6.54. The van der Waals surface area contributed by atoms with Crippen LogP contribution in [0.5, 0.6) is 5.75 Å². The van der Waals surface area contributed by atoms with E-state index in [1.165, 1.54) is 11.7 Å². The summed E-state index contributed by atoms with van der Waals surface area (Å²) in [5.41, 5.74) is 0.436. The molecule has 2 aromatic rings. The molecule has 0 N–H and O–H groups in total. The molecule has 0 fully saturated rings. The molecule has 0 unspecified atom stereocenters. The van der Waals surface area contributed by atoms with Crippen molar-refractivity contribution in [3.05, 3.63) is 24.0 Å². The van der Waals surface area contributed by atoms with Crippen LogP contribution in [0, 0.1) is 5.41 Å². The summed E-state index contributed by atoms with van der Waals surface area (Å²) in [5, 5.41) is 0. The Labute approximate surface area is 122 Å². The summed E-state index contributed by atoms with van der Waals surface area (Å²) < 4.78 is 6.32. The van der Waals surface area contributed by atoms with Crippen LogP contribution in [0.1, 0.15) is 38.3 Å². The second-order valence-electron chi connectivity index (χ2n) is 5.75. The van der Waals surface area contributed by atoms with E-state index in [2.05, 4.69) is 4.98 Å². The van der Waals surface area contributed by atoms with Gasteiger partial charge in [-0.2, -0.15) is 0 Å². The van der Waals surface area contributed by atoms with Gasteiger partial charge in [0.05, 0.1) is 12.6 Å². The first-order valence-corrected chi connectivity index (χ1v) is 6.54. The molecule has 0 spiro atoms. The highest BCUT2D eigenvalue weighted by Gasteiger charge is 2.29. The van der Waals surface area contributed by atoms with Gasteiger partial charge in [0.25, 0.3) is 0 Å². The molecule has 6 nitrogen and oxygen atoms in total. The van der Waals surface area contributed by atoms with E-state index in [0.717, 1.165) is 0 Å². The van der Waals surface area contributed by atoms with Crippen molar-refractivity contribution in [1.82, 2.24) is 9.71 Å². The lowest BCUT2D eigenvalue weighted by Gasteiger charge is -2.16. The average Bonchev–Trinajstić information content (AvgIpc) is 2.73. The van der Waals surface area contributed by atoms with Crippen LogP contribution in [0.4, 0.5) is 0 Å². The molecule has 0 amide bonds. The predicted molar refractivity (Wildman–Crippen MR) is 77.3 cm³/mol. The van der Waals surface area contributed by atoms with Gasteiger partial charge in [0.1, 0.15) is 11.3 Å². The van der Waals surface area contributed by atoms with Crippen LogP contribution in [-0.2, 0) is 4.79 Å². The van der Waals surface area contributed by atoms with E-state index in [1.807, 2.05) is 0 Å². The minimum absolute atomic E-state index is 0.0981. The number of ketones is 1. The maximum atomic E-state index is 12.5. The number of ether oxygens (including phenoxy) is 1. The first kappa shape index (κ1) is 15.0. The molecule has 21 heavy (non-hydrogen) atoms. The number of fused-ring (bicyclic) bond motifs is 1. The maximum Gasteiger partial charge on any atom is 0.329 e. The first-order chi connectivity index (χ1) is 9.74. The van der Waals surface area contributed by atoms with Gasteiger partial charge in [0, 0.05) is 18.4 Å². The molecule has 1 heterocycles. The van der Waals surface area contributed by atoms with Crippen LogP contribution in [0.15, 0.2) is 18.2 Å². The summed E-state index contributed by atoms with van der Waals surface area (Å²) in [5.74, 6) is -0.0160. The van der Waals surface area contributed by atoms with Gasteiger partial charge in [-0.1, -0.05) is 20.8 Å². The SMILES string of the molecule is COc1ccc2c(c1)nc(C(=O)C(C)(C)C)n2OC(C)=O. The molecule has 2 rings (SSSR count). The number of imidazole rings is 1. The lowest BCUT2D eigenvalue weighted by atomic mass is 9.90. The fourth-order valence-electron chi connectivity index (χ4n) is 1.86. The van der Waals surface area contributed by atoms with Gasteiger partial charge < -0.3 is 9.57 Å². The number of aromatic nitrogens is 2. The molecule has 0 radical (unpaired) electrons. The monoisotopic (exact) mass is 290 g/mol. The number of nitrogens with zero attached hydrogens (tertiary/aromatic N) is 2. The molecular formula is C15H18N2O4. The molecule has 0 bridgehead atoms. The van der Waals surface area contributed by atoms with E-state index < -0.39 is 11.4 Å². The summed E-state index contributed by atoms with van der Waals surface area (Å²) >= 11 is 0. The van der Waals surface area contributed by atoms with E-state index in [-0.39, 0.29) is 11.6 Å². The number of Topliss-reactive ketones (excluding diaryl/α,β-unsaturated/α-hetero) is 1. The summed E-state index contributed by atoms with van der Waals surface area (Å²) in [6, 6.07) is 5.10. The molecule has 0 saturated heterocycles.